The summed E-state index contributed by atoms with van der Waals surface area (Å²) in [6.45, 7) is 2.32. The number of carbonyl (C=O) groups excluding carboxylic acids is 4. The number of nitrogens with one attached hydrogen (secondary N) is 3. The molecule has 0 aliphatic heterocycles. The molecule has 0 fully saturated rings. The molecule has 0 saturated heterocycles. The maximum absolute atomic E-state index is 12.7. The van der Waals surface area contributed by atoms with Gasteiger partial charge in [0, 0.05) is 32.1 Å². The molecular weight excluding hydrogens is 502 g/mol. The van der Waals surface area contributed by atoms with Gasteiger partial charge in [-0.3, -0.25) is 19.2 Å². The highest BCUT2D eigenvalue weighted by atomic mass is 16.4. The first-order valence-corrected chi connectivity index (χ1v) is 12.3. The number of carboxylic acids is 1. The van der Waals surface area contributed by atoms with E-state index in [2.05, 4.69) is 25.9 Å². The fraction of sp³-hybridized carbons (Fsp3) is 0.250. The molecule has 1 aliphatic carbocycles. The predicted molar refractivity (Wildman–Crippen MR) is 142 cm³/mol. The first-order valence-electron chi connectivity index (χ1n) is 12.3. The van der Waals surface area contributed by atoms with Crippen molar-refractivity contribution in [1.29, 1.82) is 0 Å². The Hall–Kier alpha value is -4.93. The molecular formula is C28H29N5O6. The number of aromatic nitrogens is 2. The van der Waals surface area contributed by atoms with Gasteiger partial charge in [-0.1, -0.05) is 30.4 Å². The van der Waals surface area contributed by atoms with Gasteiger partial charge in [0.25, 0.3) is 17.7 Å². The van der Waals surface area contributed by atoms with Gasteiger partial charge >= 0.3 is 5.97 Å². The SMILES string of the molecule is CCNC(=O)c1cccc(C(=O)NCC2=CCC(C(=O)O)=C(CCC(=O)c3cccc(C(=O)NC)n3)C=C2)n1. The van der Waals surface area contributed by atoms with E-state index in [1.54, 1.807) is 37.3 Å². The first kappa shape index (κ1) is 28.6. The van der Waals surface area contributed by atoms with Crippen LogP contribution in [-0.4, -0.2) is 64.7 Å². The quantitative estimate of drug-likeness (QED) is 0.320. The lowest BCUT2D eigenvalue weighted by Crippen LogP contribution is -2.28. The van der Waals surface area contributed by atoms with Crippen LogP contribution in [-0.2, 0) is 4.79 Å². The Labute approximate surface area is 225 Å². The highest BCUT2D eigenvalue weighted by molar-refractivity contribution is 5.98. The molecule has 1 aliphatic rings. The number of pyridine rings is 2. The Morgan fingerprint density at radius 1 is 0.846 bits per heavy atom. The maximum atomic E-state index is 12.7. The third kappa shape index (κ3) is 7.78. The molecule has 11 nitrogen and oxygen atoms in total. The van der Waals surface area contributed by atoms with Gasteiger partial charge in [-0.05, 0) is 55.2 Å². The van der Waals surface area contributed by atoms with Gasteiger partial charge in [-0.15, -0.1) is 0 Å². The van der Waals surface area contributed by atoms with Crippen LogP contribution >= 0.6 is 0 Å². The summed E-state index contributed by atoms with van der Waals surface area (Å²) in [5.41, 5.74) is 1.74. The van der Waals surface area contributed by atoms with E-state index in [1.165, 1.54) is 31.3 Å². The van der Waals surface area contributed by atoms with E-state index in [4.69, 9.17) is 0 Å². The van der Waals surface area contributed by atoms with E-state index in [0.717, 1.165) is 0 Å². The Morgan fingerprint density at radius 2 is 1.44 bits per heavy atom. The van der Waals surface area contributed by atoms with E-state index in [9.17, 15) is 29.1 Å². The molecule has 2 heterocycles. The van der Waals surface area contributed by atoms with Crippen LogP contribution in [0.4, 0.5) is 0 Å². The van der Waals surface area contributed by atoms with Crippen molar-refractivity contribution in [3.63, 3.8) is 0 Å². The minimum atomic E-state index is -1.10. The fourth-order valence-corrected chi connectivity index (χ4v) is 3.76. The van der Waals surface area contributed by atoms with E-state index in [0.29, 0.717) is 17.7 Å². The van der Waals surface area contributed by atoms with Crippen LogP contribution in [0.5, 0.6) is 0 Å². The first-order chi connectivity index (χ1) is 18.7. The van der Waals surface area contributed by atoms with Gasteiger partial charge in [-0.25, -0.2) is 14.8 Å². The molecule has 0 aromatic carbocycles. The number of allylic oxidation sites excluding steroid dienone is 3. The van der Waals surface area contributed by atoms with Gasteiger partial charge in [0.1, 0.15) is 22.8 Å². The van der Waals surface area contributed by atoms with Gasteiger partial charge in [0.05, 0.1) is 0 Å². The van der Waals surface area contributed by atoms with Gasteiger partial charge in [0.15, 0.2) is 5.78 Å². The minimum absolute atomic E-state index is 0.000336. The summed E-state index contributed by atoms with van der Waals surface area (Å²) in [4.78, 5) is 69.2. The van der Waals surface area contributed by atoms with Crippen molar-refractivity contribution in [2.45, 2.75) is 26.2 Å². The smallest absolute Gasteiger partial charge is 0.332 e. The van der Waals surface area contributed by atoms with Crippen LogP contribution in [0.15, 0.2) is 71.3 Å². The largest absolute Gasteiger partial charge is 0.478 e. The minimum Gasteiger partial charge on any atom is -0.478 e. The standard InChI is InChI=1S/C28H29N5O6/c1-3-30-26(36)22-8-5-9-23(33-22)27(37)31-16-17-10-12-18(19(14-11-17)28(38)39)13-15-24(34)20-6-4-7-21(32-20)25(35)29-2/h4-12H,3,13-16H2,1-2H3,(H,29,35)(H,30,36)(H,31,37)(H,38,39). The third-order valence-electron chi connectivity index (χ3n) is 5.83. The van der Waals surface area contributed by atoms with Crippen molar-refractivity contribution in [3.8, 4) is 0 Å². The van der Waals surface area contributed by atoms with Gasteiger partial charge in [-0.2, -0.15) is 0 Å². The number of hydrogen-bond acceptors (Lipinski definition) is 7. The van der Waals surface area contributed by atoms with Crippen LogP contribution in [0.1, 0.15) is 68.1 Å². The number of carboxylic acid groups (broad SMARTS) is 1. The third-order valence-corrected chi connectivity index (χ3v) is 5.83. The van der Waals surface area contributed by atoms with E-state index >= 15 is 0 Å². The number of nitrogens with zero attached hydrogens (tertiary/aromatic N) is 2. The highest BCUT2D eigenvalue weighted by Crippen LogP contribution is 2.23. The number of hydrogen-bond donors (Lipinski definition) is 4. The summed E-state index contributed by atoms with van der Waals surface area (Å²) in [5.74, 6) is -2.70. The van der Waals surface area contributed by atoms with E-state index in [1.807, 2.05) is 0 Å². The van der Waals surface area contributed by atoms with Crippen molar-refractivity contribution in [1.82, 2.24) is 25.9 Å². The average Bonchev–Trinajstić information content (AvgIpc) is 3.16. The zero-order valence-electron chi connectivity index (χ0n) is 21.6. The van der Waals surface area contributed by atoms with Crippen molar-refractivity contribution in [2.24, 2.45) is 0 Å². The number of rotatable bonds is 11. The van der Waals surface area contributed by atoms with Crippen molar-refractivity contribution in [3.05, 3.63) is 94.1 Å². The van der Waals surface area contributed by atoms with Crippen molar-refractivity contribution in [2.75, 3.05) is 20.1 Å². The number of ketones is 1. The molecule has 11 heteroatoms. The van der Waals surface area contributed by atoms with Crippen molar-refractivity contribution < 1.29 is 29.1 Å². The van der Waals surface area contributed by atoms with Gasteiger partial charge in [0.2, 0.25) is 0 Å². The molecule has 0 atom stereocenters. The fourth-order valence-electron chi connectivity index (χ4n) is 3.76. The second kappa shape index (κ2) is 13.6. The lowest BCUT2D eigenvalue weighted by molar-refractivity contribution is -0.132. The normalized spacial score (nSPS) is 12.7. The molecule has 2 aromatic heterocycles. The molecule has 0 spiro atoms. The second-order valence-corrected chi connectivity index (χ2v) is 8.49. The lowest BCUT2D eigenvalue weighted by Gasteiger charge is -2.07. The monoisotopic (exact) mass is 531 g/mol. The summed E-state index contributed by atoms with van der Waals surface area (Å²) in [5, 5.41) is 17.5. The molecule has 0 unspecified atom stereocenters. The Balaban J connectivity index is 1.64. The zero-order valence-corrected chi connectivity index (χ0v) is 21.6. The molecule has 4 N–H and O–H groups in total. The second-order valence-electron chi connectivity index (χ2n) is 8.49. The molecule has 0 saturated carbocycles. The number of amides is 3. The number of Topliss-reactive ketones (excluding diaryl/α,β-unsaturated/α-hetero) is 1. The zero-order chi connectivity index (χ0) is 28.4. The average molecular weight is 532 g/mol. The maximum Gasteiger partial charge on any atom is 0.332 e. The van der Waals surface area contributed by atoms with Crippen LogP contribution in [0.25, 0.3) is 0 Å². The van der Waals surface area contributed by atoms with E-state index < -0.39 is 17.8 Å². The topological polar surface area (TPSA) is 167 Å². The molecule has 202 valence electrons. The van der Waals surface area contributed by atoms with Gasteiger partial charge < -0.3 is 21.1 Å². The van der Waals surface area contributed by atoms with Crippen LogP contribution < -0.4 is 16.0 Å². The Morgan fingerprint density at radius 3 is 2.05 bits per heavy atom. The predicted octanol–water partition coefficient (Wildman–Crippen LogP) is 2.25. The van der Waals surface area contributed by atoms with Crippen LogP contribution in [0, 0.1) is 0 Å². The Bertz CT molecular complexity index is 1390. The number of carbonyl (C=O) groups is 5. The summed E-state index contributed by atoms with van der Waals surface area (Å²) in [7, 11) is 1.47. The molecule has 0 bridgehead atoms. The molecule has 0 radical (unpaired) electrons. The van der Waals surface area contributed by atoms with E-state index in [-0.39, 0.29) is 65.8 Å². The molecule has 39 heavy (non-hydrogen) atoms. The lowest BCUT2D eigenvalue weighted by atomic mass is 9.99. The molecule has 2 aromatic rings. The summed E-state index contributed by atoms with van der Waals surface area (Å²) >= 11 is 0. The Kier molecular flexibility index (Phi) is 9.96. The van der Waals surface area contributed by atoms with Crippen molar-refractivity contribution >= 4 is 29.5 Å². The van der Waals surface area contributed by atoms with Crippen LogP contribution in [0.2, 0.25) is 0 Å². The van der Waals surface area contributed by atoms with Crippen LogP contribution in [0.3, 0.4) is 0 Å². The summed E-state index contributed by atoms with van der Waals surface area (Å²) < 4.78 is 0. The molecule has 3 amide bonds. The molecule has 3 rings (SSSR count). The summed E-state index contributed by atoms with van der Waals surface area (Å²) in [6.07, 6.45) is 5.28. The summed E-state index contributed by atoms with van der Waals surface area (Å²) in [6, 6.07) is 9.14. The number of aliphatic carboxylic acids is 1. The highest BCUT2D eigenvalue weighted by Gasteiger charge is 2.18.